The molecule has 0 aromatic heterocycles. The van der Waals surface area contributed by atoms with Crippen LogP contribution in [0.3, 0.4) is 0 Å². The Bertz CT molecular complexity index is 168. The summed E-state index contributed by atoms with van der Waals surface area (Å²) in [5, 5.41) is 0. The van der Waals surface area contributed by atoms with Gasteiger partial charge in [0.25, 0.3) is 0 Å². The Morgan fingerprint density at radius 2 is 2.42 bits per heavy atom. The Labute approximate surface area is 72.8 Å². The topological polar surface area (TPSA) is 38.7 Å². The van der Waals surface area contributed by atoms with Crippen molar-refractivity contribution in [2.75, 3.05) is 0 Å². The van der Waals surface area contributed by atoms with Crippen LogP contribution < -0.4 is 0 Å². The molecular formula is C9H15NO2. The van der Waals surface area contributed by atoms with Gasteiger partial charge in [0.15, 0.2) is 18.8 Å². The SMILES string of the molecule is CCCCCC1N=COC1C=O. The van der Waals surface area contributed by atoms with Gasteiger partial charge in [-0.2, -0.15) is 0 Å². The number of aldehydes is 1. The normalized spacial score (nSPS) is 27.1. The minimum Gasteiger partial charge on any atom is -0.471 e. The summed E-state index contributed by atoms with van der Waals surface area (Å²) in [5.74, 6) is 0. The number of carbonyl (C=O) groups excluding carboxylic acids is 1. The third kappa shape index (κ3) is 2.32. The molecule has 68 valence electrons. The molecule has 0 fully saturated rings. The molecule has 0 saturated carbocycles. The summed E-state index contributed by atoms with van der Waals surface area (Å²) in [5.41, 5.74) is 0. The van der Waals surface area contributed by atoms with Gasteiger partial charge in [-0.25, -0.2) is 0 Å². The summed E-state index contributed by atoms with van der Waals surface area (Å²) in [6, 6.07) is 0.0778. The molecule has 0 aliphatic carbocycles. The second kappa shape index (κ2) is 4.91. The van der Waals surface area contributed by atoms with Crippen molar-refractivity contribution < 1.29 is 9.53 Å². The van der Waals surface area contributed by atoms with Gasteiger partial charge in [0.05, 0.1) is 6.04 Å². The number of carbonyl (C=O) groups is 1. The molecule has 0 amide bonds. The molecule has 2 unspecified atom stereocenters. The van der Waals surface area contributed by atoms with E-state index in [0.717, 1.165) is 19.1 Å². The molecule has 0 spiro atoms. The lowest BCUT2D eigenvalue weighted by molar-refractivity contribution is -0.114. The number of rotatable bonds is 5. The van der Waals surface area contributed by atoms with Crippen LogP contribution in [0.15, 0.2) is 4.99 Å². The van der Waals surface area contributed by atoms with Crippen LogP contribution in [0.5, 0.6) is 0 Å². The van der Waals surface area contributed by atoms with Gasteiger partial charge in [-0.05, 0) is 6.42 Å². The molecule has 0 aromatic rings. The molecule has 0 radical (unpaired) electrons. The largest absolute Gasteiger partial charge is 0.471 e. The fourth-order valence-corrected chi connectivity index (χ4v) is 1.32. The van der Waals surface area contributed by atoms with Crippen LogP contribution in [0, 0.1) is 0 Å². The molecule has 1 rings (SSSR count). The molecular weight excluding hydrogens is 154 g/mol. The Hall–Kier alpha value is -0.860. The predicted molar refractivity (Wildman–Crippen MR) is 47.4 cm³/mol. The molecule has 0 N–H and O–H groups in total. The average molecular weight is 169 g/mol. The smallest absolute Gasteiger partial charge is 0.177 e. The molecule has 0 bridgehead atoms. The van der Waals surface area contributed by atoms with Crippen molar-refractivity contribution in [1.82, 2.24) is 0 Å². The summed E-state index contributed by atoms with van der Waals surface area (Å²) in [7, 11) is 0. The van der Waals surface area contributed by atoms with Gasteiger partial charge in [0, 0.05) is 0 Å². The van der Waals surface area contributed by atoms with Crippen LogP contribution >= 0.6 is 0 Å². The van der Waals surface area contributed by atoms with Crippen molar-refractivity contribution in [1.29, 1.82) is 0 Å². The predicted octanol–water partition coefficient (Wildman–Crippen LogP) is 1.56. The number of nitrogens with zero attached hydrogens (tertiary/aromatic N) is 1. The minimum absolute atomic E-state index is 0.0778. The fraction of sp³-hybridized carbons (Fsp3) is 0.778. The van der Waals surface area contributed by atoms with Gasteiger partial charge in [-0.1, -0.05) is 26.2 Å². The zero-order valence-corrected chi connectivity index (χ0v) is 7.40. The number of hydrogen-bond acceptors (Lipinski definition) is 3. The van der Waals surface area contributed by atoms with Crippen molar-refractivity contribution in [3.63, 3.8) is 0 Å². The summed E-state index contributed by atoms with van der Waals surface area (Å²) in [4.78, 5) is 14.5. The molecule has 12 heavy (non-hydrogen) atoms. The first kappa shape index (κ1) is 9.23. The maximum Gasteiger partial charge on any atom is 0.177 e. The third-order valence-electron chi connectivity index (χ3n) is 2.09. The van der Waals surface area contributed by atoms with Gasteiger partial charge in [0.1, 0.15) is 0 Å². The van der Waals surface area contributed by atoms with Crippen molar-refractivity contribution in [2.24, 2.45) is 4.99 Å². The van der Waals surface area contributed by atoms with Crippen LogP contribution in [-0.4, -0.2) is 24.8 Å². The molecule has 1 heterocycles. The lowest BCUT2D eigenvalue weighted by Crippen LogP contribution is -2.23. The second-order valence-corrected chi connectivity index (χ2v) is 3.05. The van der Waals surface area contributed by atoms with E-state index in [1.54, 1.807) is 0 Å². The third-order valence-corrected chi connectivity index (χ3v) is 2.09. The highest BCUT2D eigenvalue weighted by Gasteiger charge is 2.24. The number of ether oxygens (including phenoxy) is 1. The second-order valence-electron chi connectivity index (χ2n) is 3.05. The van der Waals surface area contributed by atoms with Crippen LogP contribution in [0.1, 0.15) is 32.6 Å². The fourth-order valence-electron chi connectivity index (χ4n) is 1.32. The molecule has 0 saturated heterocycles. The number of hydrogen-bond donors (Lipinski definition) is 0. The summed E-state index contributed by atoms with van der Waals surface area (Å²) < 4.78 is 4.99. The molecule has 3 nitrogen and oxygen atoms in total. The minimum atomic E-state index is -0.318. The van der Waals surface area contributed by atoms with Crippen LogP contribution in [-0.2, 0) is 9.53 Å². The van der Waals surface area contributed by atoms with Gasteiger partial charge >= 0.3 is 0 Å². The zero-order valence-electron chi connectivity index (χ0n) is 7.40. The Morgan fingerprint density at radius 1 is 1.58 bits per heavy atom. The summed E-state index contributed by atoms with van der Waals surface area (Å²) in [6.07, 6.45) is 6.42. The van der Waals surface area contributed by atoms with Crippen LogP contribution in [0.4, 0.5) is 0 Å². The van der Waals surface area contributed by atoms with Crippen molar-refractivity contribution in [3.8, 4) is 0 Å². The van der Waals surface area contributed by atoms with E-state index in [9.17, 15) is 4.79 Å². The van der Waals surface area contributed by atoms with Crippen molar-refractivity contribution in [3.05, 3.63) is 0 Å². The van der Waals surface area contributed by atoms with E-state index in [2.05, 4.69) is 11.9 Å². The maximum absolute atomic E-state index is 10.4. The Morgan fingerprint density at radius 3 is 3.08 bits per heavy atom. The van der Waals surface area contributed by atoms with E-state index in [1.807, 2.05) is 0 Å². The molecule has 0 aromatic carbocycles. The first-order chi connectivity index (χ1) is 5.88. The van der Waals surface area contributed by atoms with Gasteiger partial charge in [0.2, 0.25) is 0 Å². The molecule has 1 aliphatic heterocycles. The van der Waals surface area contributed by atoms with E-state index in [0.29, 0.717) is 0 Å². The zero-order chi connectivity index (χ0) is 8.81. The highest BCUT2D eigenvalue weighted by atomic mass is 16.5. The van der Waals surface area contributed by atoms with Crippen LogP contribution in [0.25, 0.3) is 0 Å². The molecule has 2 atom stereocenters. The molecule has 3 heteroatoms. The monoisotopic (exact) mass is 169 g/mol. The van der Waals surface area contributed by atoms with E-state index >= 15 is 0 Å². The van der Waals surface area contributed by atoms with E-state index < -0.39 is 0 Å². The Kier molecular flexibility index (Phi) is 3.77. The van der Waals surface area contributed by atoms with Crippen LogP contribution in [0.2, 0.25) is 0 Å². The quantitative estimate of drug-likeness (QED) is 0.462. The van der Waals surface area contributed by atoms with Gasteiger partial charge < -0.3 is 4.74 Å². The first-order valence-electron chi connectivity index (χ1n) is 4.51. The first-order valence-corrected chi connectivity index (χ1v) is 4.51. The van der Waals surface area contributed by atoms with Crippen molar-refractivity contribution in [2.45, 2.75) is 44.8 Å². The van der Waals surface area contributed by atoms with E-state index in [4.69, 9.17) is 4.74 Å². The lowest BCUT2D eigenvalue weighted by atomic mass is 10.1. The van der Waals surface area contributed by atoms with Gasteiger partial charge in [-0.15, -0.1) is 0 Å². The number of unbranched alkanes of at least 4 members (excludes halogenated alkanes) is 2. The van der Waals surface area contributed by atoms with Gasteiger partial charge in [-0.3, -0.25) is 9.79 Å². The standard InChI is InChI=1S/C9H15NO2/c1-2-3-4-5-8-9(6-11)12-7-10-8/h6-9H,2-5H2,1H3. The lowest BCUT2D eigenvalue weighted by Gasteiger charge is -2.09. The van der Waals surface area contributed by atoms with E-state index in [1.165, 1.54) is 19.2 Å². The maximum atomic E-state index is 10.4. The molecule has 1 aliphatic rings. The van der Waals surface area contributed by atoms with Crippen molar-refractivity contribution >= 4 is 12.7 Å². The highest BCUT2D eigenvalue weighted by molar-refractivity contribution is 5.65. The average Bonchev–Trinajstić information content (AvgIpc) is 2.52. The highest BCUT2D eigenvalue weighted by Crippen LogP contribution is 2.15. The van der Waals surface area contributed by atoms with E-state index in [-0.39, 0.29) is 12.1 Å². The number of aliphatic imine (C=N–C) groups is 1. The summed E-state index contributed by atoms with van der Waals surface area (Å²) in [6.45, 7) is 2.16. The Balaban J connectivity index is 2.21. The summed E-state index contributed by atoms with van der Waals surface area (Å²) >= 11 is 0.